The summed E-state index contributed by atoms with van der Waals surface area (Å²) >= 11 is 5.99. The molecular weight excluding hydrogens is 306 g/mol. The summed E-state index contributed by atoms with van der Waals surface area (Å²) in [6.07, 6.45) is 0.0999. The van der Waals surface area contributed by atoms with Crippen LogP contribution >= 0.6 is 11.6 Å². The molecule has 1 fully saturated rings. The average molecular weight is 322 g/mol. The van der Waals surface area contributed by atoms with Crippen molar-refractivity contribution in [1.82, 2.24) is 0 Å². The Labute approximate surface area is 133 Å². The van der Waals surface area contributed by atoms with Crippen LogP contribution in [0.5, 0.6) is 0 Å². The second-order valence-corrected chi connectivity index (χ2v) is 5.83. The van der Waals surface area contributed by atoms with Crippen LogP contribution in [0.15, 0.2) is 24.3 Å². The van der Waals surface area contributed by atoms with Gasteiger partial charge in [0.05, 0.1) is 19.3 Å². The number of methoxy groups -OCH3 is 1. The molecule has 0 bridgehead atoms. The molecule has 116 valence electrons. The molecule has 2 rings (SSSR count). The molecule has 0 amide bonds. The van der Waals surface area contributed by atoms with Gasteiger partial charge in [-0.2, -0.15) is 5.26 Å². The summed E-state index contributed by atoms with van der Waals surface area (Å²) in [6, 6.07) is 8.56. The van der Waals surface area contributed by atoms with Crippen molar-refractivity contribution < 1.29 is 19.4 Å². The minimum absolute atomic E-state index is 0.184. The molecule has 1 aliphatic carbocycles. The van der Waals surface area contributed by atoms with E-state index in [1.807, 2.05) is 6.07 Å². The van der Waals surface area contributed by atoms with Gasteiger partial charge in [0.25, 0.3) is 0 Å². The quantitative estimate of drug-likeness (QED) is 0.680. The maximum atomic E-state index is 12.3. The van der Waals surface area contributed by atoms with Gasteiger partial charge in [-0.05, 0) is 30.5 Å². The van der Waals surface area contributed by atoms with Crippen LogP contribution in [0.2, 0.25) is 5.02 Å². The molecule has 0 unspecified atom stereocenters. The standard InChI is InChI=1S/C16H16ClNO4/c1-22-15(21)16(9-18)13(20)6-5-11(8-19)14(16)10-3-2-4-12(17)7-10/h2-4,7-8,11,13-14,20H,5-6H2,1H3/t11-,13+,14-,16-/m0/s1. The smallest absolute Gasteiger partial charge is 0.329 e. The van der Waals surface area contributed by atoms with Crippen molar-refractivity contribution in [2.75, 3.05) is 7.11 Å². The van der Waals surface area contributed by atoms with Gasteiger partial charge >= 0.3 is 5.97 Å². The Hall–Kier alpha value is -1.90. The fraction of sp³-hybridized carbons (Fsp3) is 0.438. The minimum Gasteiger partial charge on any atom is -0.468 e. The van der Waals surface area contributed by atoms with Crippen molar-refractivity contribution in [3.63, 3.8) is 0 Å². The molecule has 0 spiro atoms. The van der Waals surface area contributed by atoms with Gasteiger partial charge in [-0.3, -0.25) is 4.79 Å². The molecular formula is C16H16ClNO4. The number of esters is 1. The lowest BCUT2D eigenvalue weighted by atomic mass is 9.58. The minimum atomic E-state index is -1.82. The number of ether oxygens (including phenoxy) is 1. The lowest BCUT2D eigenvalue weighted by Gasteiger charge is -2.43. The number of aliphatic hydroxyl groups excluding tert-OH is 1. The van der Waals surface area contributed by atoms with Crippen LogP contribution in [0, 0.1) is 22.7 Å². The van der Waals surface area contributed by atoms with E-state index in [2.05, 4.69) is 0 Å². The zero-order valence-corrected chi connectivity index (χ0v) is 12.8. The van der Waals surface area contributed by atoms with E-state index in [4.69, 9.17) is 16.3 Å². The van der Waals surface area contributed by atoms with Gasteiger partial charge in [-0.15, -0.1) is 0 Å². The van der Waals surface area contributed by atoms with Crippen LogP contribution in [-0.2, 0) is 14.3 Å². The Morgan fingerprint density at radius 1 is 1.55 bits per heavy atom. The van der Waals surface area contributed by atoms with Crippen LogP contribution in [0.1, 0.15) is 24.3 Å². The summed E-state index contributed by atoms with van der Waals surface area (Å²) in [6.45, 7) is 0. The highest BCUT2D eigenvalue weighted by Crippen LogP contribution is 2.50. The van der Waals surface area contributed by atoms with E-state index < -0.39 is 29.3 Å². The lowest BCUT2D eigenvalue weighted by molar-refractivity contribution is -0.161. The topological polar surface area (TPSA) is 87.4 Å². The first-order chi connectivity index (χ1) is 10.5. The van der Waals surface area contributed by atoms with Crippen LogP contribution in [0.25, 0.3) is 0 Å². The molecule has 1 aromatic rings. The van der Waals surface area contributed by atoms with Crippen LogP contribution in [-0.4, -0.2) is 30.6 Å². The molecule has 0 radical (unpaired) electrons. The zero-order valence-electron chi connectivity index (χ0n) is 12.0. The van der Waals surface area contributed by atoms with Crippen LogP contribution in [0.4, 0.5) is 0 Å². The SMILES string of the molecule is COC(=O)[C@@]1(C#N)[C@H](O)CC[C@@H](C=O)[C@@H]1c1cccc(Cl)c1. The molecule has 1 saturated carbocycles. The highest BCUT2D eigenvalue weighted by atomic mass is 35.5. The number of aldehydes is 1. The Kier molecular flexibility index (Phi) is 4.84. The van der Waals surface area contributed by atoms with Gasteiger partial charge in [0.2, 0.25) is 0 Å². The highest BCUT2D eigenvalue weighted by Gasteiger charge is 2.58. The third kappa shape index (κ3) is 2.49. The number of halogens is 1. The molecule has 22 heavy (non-hydrogen) atoms. The van der Waals surface area contributed by atoms with Crippen molar-refractivity contribution in [3.8, 4) is 6.07 Å². The van der Waals surface area contributed by atoms with E-state index in [1.54, 1.807) is 24.3 Å². The van der Waals surface area contributed by atoms with E-state index in [0.29, 0.717) is 17.0 Å². The predicted octanol–water partition coefficient (Wildman–Crippen LogP) is 2.08. The molecule has 1 aromatic carbocycles. The zero-order chi connectivity index (χ0) is 16.3. The normalized spacial score (nSPS) is 31.1. The van der Waals surface area contributed by atoms with Crippen LogP contribution < -0.4 is 0 Å². The molecule has 0 heterocycles. The van der Waals surface area contributed by atoms with Crippen molar-refractivity contribution in [1.29, 1.82) is 5.26 Å². The summed E-state index contributed by atoms with van der Waals surface area (Å²) in [5.74, 6) is -2.20. The third-order valence-electron chi connectivity index (χ3n) is 4.31. The predicted molar refractivity (Wildman–Crippen MR) is 79.0 cm³/mol. The van der Waals surface area contributed by atoms with Gasteiger partial charge in [-0.1, -0.05) is 23.7 Å². The molecule has 6 heteroatoms. The maximum Gasteiger partial charge on any atom is 0.329 e. The van der Waals surface area contributed by atoms with E-state index in [0.717, 1.165) is 13.4 Å². The number of hydrogen-bond acceptors (Lipinski definition) is 5. The molecule has 0 aromatic heterocycles. The Morgan fingerprint density at radius 2 is 2.27 bits per heavy atom. The van der Waals surface area contributed by atoms with Gasteiger partial charge in [0.15, 0.2) is 5.41 Å². The summed E-state index contributed by atoms with van der Waals surface area (Å²) in [7, 11) is 1.16. The first-order valence-electron chi connectivity index (χ1n) is 6.89. The number of nitriles is 1. The van der Waals surface area contributed by atoms with Gasteiger partial charge in [-0.25, -0.2) is 0 Å². The van der Waals surface area contributed by atoms with E-state index in [1.165, 1.54) is 0 Å². The van der Waals surface area contributed by atoms with Gasteiger partial charge in [0, 0.05) is 16.9 Å². The number of carbonyl (C=O) groups is 2. The van der Waals surface area contributed by atoms with Gasteiger partial charge in [0.1, 0.15) is 6.29 Å². The fourth-order valence-corrected chi connectivity index (χ4v) is 3.47. The second-order valence-electron chi connectivity index (χ2n) is 5.40. The first kappa shape index (κ1) is 16.5. The van der Waals surface area contributed by atoms with Crippen molar-refractivity contribution >= 4 is 23.9 Å². The first-order valence-corrected chi connectivity index (χ1v) is 7.27. The number of carbonyl (C=O) groups excluding carboxylic acids is 2. The monoisotopic (exact) mass is 321 g/mol. The van der Waals surface area contributed by atoms with E-state index in [9.17, 15) is 20.0 Å². The summed E-state index contributed by atoms with van der Waals surface area (Å²) in [5.41, 5.74) is -1.25. The number of aliphatic hydroxyl groups is 1. The molecule has 0 saturated heterocycles. The molecule has 4 atom stereocenters. The lowest BCUT2D eigenvalue weighted by Crippen LogP contribution is -2.52. The maximum absolute atomic E-state index is 12.3. The third-order valence-corrected chi connectivity index (χ3v) is 4.54. The van der Waals surface area contributed by atoms with E-state index in [-0.39, 0.29) is 6.42 Å². The number of hydrogen-bond donors (Lipinski definition) is 1. The largest absolute Gasteiger partial charge is 0.468 e. The Morgan fingerprint density at radius 3 is 2.82 bits per heavy atom. The number of nitrogens with zero attached hydrogens (tertiary/aromatic N) is 1. The van der Waals surface area contributed by atoms with Crippen LogP contribution in [0.3, 0.4) is 0 Å². The Balaban J connectivity index is 2.66. The van der Waals surface area contributed by atoms with Crippen molar-refractivity contribution in [3.05, 3.63) is 34.9 Å². The highest BCUT2D eigenvalue weighted by molar-refractivity contribution is 6.30. The fourth-order valence-electron chi connectivity index (χ4n) is 3.27. The average Bonchev–Trinajstić information content (AvgIpc) is 2.53. The number of benzene rings is 1. The summed E-state index contributed by atoms with van der Waals surface area (Å²) < 4.78 is 4.76. The summed E-state index contributed by atoms with van der Waals surface area (Å²) in [4.78, 5) is 23.8. The van der Waals surface area contributed by atoms with E-state index >= 15 is 0 Å². The molecule has 0 aliphatic heterocycles. The summed E-state index contributed by atoms with van der Waals surface area (Å²) in [5, 5.41) is 20.5. The Bertz CT molecular complexity index is 627. The molecule has 1 aliphatic rings. The van der Waals surface area contributed by atoms with Gasteiger partial charge < -0.3 is 14.6 Å². The number of rotatable bonds is 3. The van der Waals surface area contributed by atoms with Crippen molar-refractivity contribution in [2.45, 2.75) is 24.9 Å². The molecule has 5 nitrogen and oxygen atoms in total. The molecule has 1 N–H and O–H groups in total. The van der Waals surface area contributed by atoms with Crippen molar-refractivity contribution in [2.24, 2.45) is 11.3 Å². The second kappa shape index (κ2) is 6.47.